The predicted molar refractivity (Wildman–Crippen MR) is 132 cm³/mol. The van der Waals surface area contributed by atoms with Crippen molar-refractivity contribution >= 4 is 28.7 Å². The van der Waals surface area contributed by atoms with Crippen molar-refractivity contribution in [2.24, 2.45) is 0 Å². The number of halogens is 1. The predicted octanol–water partition coefficient (Wildman–Crippen LogP) is 3.06. The Morgan fingerprint density at radius 2 is 1.97 bits per heavy atom. The number of hydrogen-bond donors (Lipinski definition) is 1. The molecule has 1 N–H and O–H groups in total. The van der Waals surface area contributed by atoms with Gasteiger partial charge in [-0.1, -0.05) is 42.1 Å². The molecule has 0 saturated carbocycles. The van der Waals surface area contributed by atoms with Crippen LogP contribution in [0.5, 0.6) is 0 Å². The first kappa shape index (κ1) is 23.4. The minimum absolute atomic E-state index is 0.0406. The first-order chi connectivity index (χ1) is 17.2. The summed E-state index contributed by atoms with van der Waals surface area (Å²) < 4.78 is 20.7. The third-order valence-corrected chi connectivity index (χ3v) is 6.74. The van der Waals surface area contributed by atoms with Gasteiger partial charge in [-0.25, -0.2) is 19.0 Å². The molecule has 0 radical (unpaired) electrons. The number of nitrogens with zero attached hydrogens (tertiary/aromatic N) is 5. The van der Waals surface area contributed by atoms with Crippen LogP contribution in [0.2, 0.25) is 0 Å². The standard InChI is InChI=1S/C25H25FN6O2S/c26-19-6-8-20(9-7-19)32-24-22(13-30-32)25(29-17-28-24)35-16-23(33)27-12-21-15-31(10-11-34-21)14-18-4-2-1-3-5-18/h1-9,13,17,21H,10-12,14-16H2,(H,27,33). The molecule has 8 nitrogen and oxygen atoms in total. The van der Waals surface area contributed by atoms with E-state index >= 15 is 0 Å². The number of amides is 1. The van der Waals surface area contributed by atoms with Gasteiger partial charge in [0.1, 0.15) is 17.2 Å². The molecule has 3 heterocycles. The fourth-order valence-corrected chi connectivity index (χ4v) is 4.80. The Morgan fingerprint density at radius 1 is 1.14 bits per heavy atom. The van der Waals surface area contributed by atoms with Crippen LogP contribution in [0.1, 0.15) is 5.56 Å². The fourth-order valence-electron chi connectivity index (χ4n) is 4.01. The summed E-state index contributed by atoms with van der Waals surface area (Å²) in [5.74, 6) is -0.185. The lowest BCUT2D eigenvalue weighted by molar-refractivity contribution is -0.119. The van der Waals surface area contributed by atoms with Crippen LogP contribution in [0, 0.1) is 5.82 Å². The zero-order valence-electron chi connectivity index (χ0n) is 19.0. The van der Waals surface area contributed by atoms with Gasteiger partial charge in [-0.05, 0) is 29.8 Å². The summed E-state index contributed by atoms with van der Waals surface area (Å²) in [6, 6.07) is 16.4. The van der Waals surface area contributed by atoms with Crippen molar-refractivity contribution in [2.45, 2.75) is 17.7 Å². The van der Waals surface area contributed by atoms with Crippen molar-refractivity contribution in [2.75, 3.05) is 32.0 Å². The van der Waals surface area contributed by atoms with Crippen LogP contribution in [0.25, 0.3) is 16.7 Å². The summed E-state index contributed by atoms with van der Waals surface area (Å²) in [6.07, 6.45) is 3.07. The van der Waals surface area contributed by atoms with Gasteiger partial charge in [-0.15, -0.1) is 0 Å². The minimum Gasteiger partial charge on any atom is -0.374 e. The van der Waals surface area contributed by atoms with Crippen LogP contribution in [0.15, 0.2) is 72.1 Å². The lowest BCUT2D eigenvalue weighted by Gasteiger charge is -2.33. The average Bonchev–Trinajstić information content (AvgIpc) is 3.32. The van der Waals surface area contributed by atoms with Crippen LogP contribution in [-0.4, -0.2) is 68.7 Å². The number of ether oxygens (including phenoxy) is 1. The number of rotatable bonds is 8. The number of benzene rings is 2. The van der Waals surface area contributed by atoms with Crippen molar-refractivity contribution in [3.8, 4) is 5.69 Å². The number of aromatic nitrogens is 4. The highest BCUT2D eigenvalue weighted by Crippen LogP contribution is 2.25. The van der Waals surface area contributed by atoms with E-state index in [1.807, 2.05) is 18.2 Å². The van der Waals surface area contributed by atoms with Crippen LogP contribution in [-0.2, 0) is 16.1 Å². The second-order valence-electron chi connectivity index (χ2n) is 8.26. The molecule has 0 spiro atoms. The van der Waals surface area contributed by atoms with Crippen molar-refractivity contribution in [1.82, 2.24) is 30.0 Å². The summed E-state index contributed by atoms with van der Waals surface area (Å²) in [4.78, 5) is 23.5. The van der Waals surface area contributed by atoms with Gasteiger partial charge < -0.3 is 10.1 Å². The Bertz CT molecular complexity index is 1280. The molecule has 35 heavy (non-hydrogen) atoms. The average molecular weight is 493 g/mol. The number of carbonyl (C=O) groups is 1. The normalized spacial score (nSPS) is 16.4. The molecule has 1 aliphatic heterocycles. The Balaban J connectivity index is 1.14. The monoisotopic (exact) mass is 492 g/mol. The Morgan fingerprint density at radius 3 is 2.80 bits per heavy atom. The zero-order chi connectivity index (χ0) is 24.0. The lowest BCUT2D eigenvalue weighted by atomic mass is 10.2. The molecule has 0 aliphatic carbocycles. The highest BCUT2D eigenvalue weighted by molar-refractivity contribution is 8.00. The van der Waals surface area contributed by atoms with Crippen molar-refractivity contribution in [3.05, 3.63) is 78.5 Å². The maximum absolute atomic E-state index is 13.3. The summed E-state index contributed by atoms with van der Waals surface area (Å²) in [5.41, 5.74) is 2.57. The van der Waals surface area contributed by atoms with E-state index in [2.05, 4.69) is 37.4 Å². The maximum Gasteiger partial charge on any atom is 0.230 e. The number of carbonyl (C=O) groups excluding carboxylic acids is 1. The Kier molecular flexibility index (Phi) is 7.31. The first-order valence-corrected chi connectivity index (χ1v) is 12.4. The van der Waals surface area contributed by atoms with Crippen LogP contribution < -0.4 is 5.32 Å². The molecular weight excluding hydrogens is 467 g/mol. The number of hydrogen-bond acceptors (Lipinski definition) is 7. The van der Waals surface area contributed by atoms with Crippen molar-refractivity contribution in [1.29, 1.82) is 0 Å². The van der Waals surface area contributed by atoms with Crippen LogP contribution in [0.3, 0.4) is 0 Å². The van der Waals surface area contributed by atoms with E-state index in [0.29, 0.717) is 29.5 Å². The molecule has 180 valence electrons. The molecule has 5 rings (SSSR count). The molecule has 1 unspecified atom stereocenters. The summed E-state index contributed by atoms with van der Waals surface area (Å²) in [7, 11) is 0. The van der Waals surface area contributed by atoms with Gasteiger partial charge >= 0.3 is 0 Å². The van der Waals surface area contributed by atoms with E-state index in [0.717, 1.165) is 25.0 Å². The second kappa shape index (κ2) is 10.9. The van der Waals surface area contributed by atoms with Gasteiger partial charge in [0.2, 0.25) is 5.91 Å². The number of nitrogens with one attached hydrogen (secondary N) is 1. The first-order valence-electron chi connectivity index (χ1n) is 11.4. The maximum atomic E-state index is 13.3. The van der Waals surface area contributed by atoms with Gasteiger partial charge in [0.25, 0.3) is 0 Å². The number of thioether (sulfide) groups is 1. The van der Waals surface area contributed by atoms with Crippen LogP contribution >= 0.6 is 11.8 Å². The summed E-state index contributed by atoms with van der Waals surface area (Å²) in [5, 5.41) is 8.76. The zero-order valence-corrected chi connectivity index (χ0v) is 19.8. The van der Waals surface area contributed by atoms with E-state index in [-0.39, 0.29) is 23.6 Å². The summed E-state index contributed by atoms with van der Waals surface area (Å²) >= 11 is 1.33. The van der Waals surface area contributed by atoms with Gasteiger partial charge in [-0.3, -0.25) is 9.69 Å². The quantitative estimate of drug-likeness (QED) is 0.299. The molecule has 2 aromatic heterocycles. The van der Waals surface area contributed by atoms with Gasteiger partial charge in [0.05, 0.1) is 35.7 Å². The molecule has 0 bridgehead atoms. The Hall–Kier alpha value is -3.34. The molecule has 1 atom stereocenters. The highest BCUT2D eigenvalue weighted by Gasteiger charge is 2.21. The molecule has 1 fully saturated rings. The lowest BCUT2D eigenvalue weighted by Crippen LogP contribution is -2.47. The second-order valence-corrected chi connectivity index (χ2v) is 9.22. The SMILES string of the molecule is O=C(CSc1ncnc2c1cnn2-c1ccc(F)cc1)NCC1CN(Cc2ccccc2)CCO1. The van der Waals surface area contributed by atoms with Crippen molar-refractivity contribution in [3.63, 3.8) is 0 Å². The fraction of sp³-hybridized carbons (Fsp3) is 0.280. The molecule has 1 saturated heterocycles. The van der Waals surface area contributed by atoms with Gasteiger partial charge in [0, 0.05) is 26.2 Å². The third-order valence-electron chi connectivity index (χ3n) is 5.74. The molecule has 10 heteroatoms. The Labute approximate surface area is 206 Å². The smallest absolute Gasteiger partial charge is 0.230 e. The molecular formula is C25H25FN6O2S. The van der Waals surface area contributed by atoms with E-state index in [4.69, 9.17) is 4.74 Å². The summed E-state index contributed by atoms with van der Waals surface area (Å²) in [6.45, 7) is 3.65. The molecule has 2 aromatic carbocycles. The highest BCUT2D eigenvalue weighted by atomic mass is 32.2. The van der Waals surface area contributed by atoms with E-state index in [1.165, 1.54) is 35.8 Å². The van der Waals surface area contributed by atoms with E-state index < -0.39 is 0 Å². The van der Waals surface area contributed by atoms with Crippen molar-refractivity contribution < 1.29 is 13.9 Å². The van der Waals surface area contributed by atoms with Gasteiger partial charge in [-0.2, -0.15) is 5.10 Å². The third kappa shape index (κ3) is 5.84. The minimum atomic E-state index is -0.315. The molecule has 1 amide bonds. The molecule has 1 aliphatic rings. The van der Waals surface area contributed by atoms with Gasteiger partial charge in [0.15, 0.2) is 5.65 Å². The number of morpholine rings is 1. The largest absolute Gasteiger partial charge is 0.374 e. The molecule has 4 aromatic rings. The van der Waals surface area contributed by atoms with Crippen LogP contribution in [0.4, 0.5) is 4.39 Å². The van der Waals surface area contributed by atoms with E-state index in [9.17, 15) is 9.18 Å². The van der Waals surface area contributed by atoms with E-state index in [1.54, 1.807) is 23.0 Å². The topological polar surface area (TPSA) is 85.2 Å². The number of fused-ring (bicyclic) bond motifs is 1.